The van der Waals surface area contributed by atoms with Gasteiger partial charge in [0, 0.05) is 25.7 Å². The van der Waals surface area contributed by atoms with Crippen LogP contribution in [0.4, 0.5) is 0 Å². The third kappa shape index (κ3) is 5.88. The molecule has 5 nitrogen and oxygen atoms in total. The van der Waals surface area contributed by atoms with Crippen LogP contribution in [0.2, 0.25) is 0 Å². The van der Waals surface area contributed by atoms with E-state index >= 15 is 0 Å². The van der Waals surface area contributed by atoms with Crippen molar-refractivity contribution in [1.82, 2.24) is 9.80 Å². The molecule has 2 amide bonds. The van der Waals surface area contributed by atoms with Crippen molar-refractivity contribution in [2.75, 3.05) is 13.6 Å². The van der Waals surface area contributed by atoms with Crippen molar-refractivity contribution in [3.8, 4) is 5.75 Å². The summed E-state index contributed by atoms with van der Waals surface area (Å²) in [4.78, 5) is 30.5. The second-order valence-electron chi connectivity index (χ2n) is 10.2. The Kier molecular flexibility index (Phi) is 7.78. The molecule has 1 aliphatic rings. The number of fused-ring (bicyclic) bond motifs is 1. The van der Waals surface area contributed by atoms with Gasteiger partial charge in [0.25, 0.3) is 11.8 Å². The van der Waals surface area contributed by atoms with Crippen molar-refractivity contribution in [3.63, 3.8) is 0 Å². The smallest absolute Gasteiger partial charge is 0.263 e. The predicted octanol–water partition coefficient (Wildman–Crippen LogP) is 6.21. The highest BCUT2D eigenvalue weighted by Gasteiger charge is 2.33. The summed E-state index contributed by atoms with van der Waals surface area (Å²) in [5.74, 6) is 0.534. The largest absolute Gasteiger partial charge is 0.481 e. The van der Waals surface area contributed by atoms with Crippen LogP contribution in [0, 0.1) is 6.92 Å². The standard InChI is InChI=1S/C34H34N2O3/c1-24-11-10-16-29(21-24)32-31-22-30(39-25(2)33(37)35(3)23-26-12-6-4-7-13-26)18-17-27(31)19-20-36(32)34(38)28-14-8-5-9-15-28/h4-18,21-22,25,32H,19-20,23H2,1-3H3/t25-,32-/m0/s1. The van der Waals surface area contributed by atoms with E-state index in [0.717, 1.165) is 28.7 Å². The minimum atomic E-state index is -0.653. The maximum atomic E-state index is 13.7. The Balaban J connectivity index is 1.43. The molecule has 0 bridgehead atoms. The van der Waals surface area contributed by atoms with Gasteiger partial charge >= 0.3 is 0 Å². The number of likely N-dealkylation sites (N-methyl/N-ethyl adjacent to an activating group) is 1. The van der Waals surface area contributed by atoms with Crippen LogP contribution >= 0.6 is 0 Å². The van der Waals surface area contributed by atoms with Crippen molar-refractivity contribution in [3.05, 3.63) is 137 Å². The summed E-state index contributed by atoms with van der Waals surface area (Å²) in [5.41, 5.74) is 6.16. The van der Waals surface area contributed by atoms with Gasteiger partial charge in [-0.1, -0.05) is 84.4 Å². The molecule has 0 radical (unpaired) electrons. The molecule has 4 aromatic carbocycles. The maximum Gasteiger partial charge on any atom is 0.263 e. The Morgan fingerprint density at radius 2 is 1.64 bits per heavy atom. The van der Waals surface area contributed by atoms with Gasteiger partial charge in [0.1, 0.15) is 5.75 Å². The highest BCUT2D eigenvalue weighted by molar-refractivity contribution is 5.95. The third-order valence-corrected chi connectivity index (χ3v) is 7.28. The first-order valence-corrected chi connectivity index (χ1v) is 13.4. The summed E-state index contributed by atoms with van der Waals surface area (Å²) >= 11 is 0. The lowest BCUT2D eigenvalue weighted by Crippen LogP contribution is -2.41. The number of rotatable bonds is 7. The first-order chi connectivity index (χ1) is 18.9. The van der Waals surface area contributed by atoms with E-state index in [2.05, 4.69) is 31.2 Å². The van der Waals surface area contributed by atoms with Crippen molar-refractivity contribution < 1.29 is 14.3 Å². The predicted molar refractivity (Wildman–Crippen MR) is 154 cm³/mol. The normalized spacial score (nSPS) is 15.3. The Morgan fingerprint density at radius 3 is 2.36 bits per heavy atom. The first-order valence-electron chi connectivity index (χ1n) is 13.4. The molecule has 2 atom stereocenters. The van der Waals surface area contributed by atoms with Crippen LogP contribution in [0.3, 0.4) is 0 Å². The lowest BCUT2D eigenvalue weighted by Gasteiger charge is -2.38. The molecular weight excluding hydrogens is 484 g/mol. The number of benzene rings is 4. The number of aryl methyl sites for hydroxylation is 1. The van der Waals surface area contributed by atoms with Crippen molar-refractivity contribution >= 4 is 11.8 Å². The van der Waals surface area contributed by atoms with E-state index in [0.29, 0.717) is 24.4 Å². The van der Waals surface area contributed by atoms with Gasteiger partial charge in [0.05, 0.1) is 6.04 Å². The van der Waals surface area contributed by atoms with E-state index in [1.807, 2.05) is 83.8 Å². The van der Waals surface area contributed by atoms with Gasteiger partial charge in [-0.2, -0.15) is 0 Å². The number of amides is 2. The zero-order valence-corrected chi connectivity index (χ0v) is 22.7. The Labute approximate surface area is 230 Å². The van der Waals surface area contributed by atoms with E-state index in [4.69, 9.17) is 4.74 Å². The van der Waals surface area contributed by atoms with Crippen LogP contribution in [0.25, 0.3) is 0 Å². The van der Waals surface area contributed by atoms with E-state index < -0.39 is 6.10 Å². The fraction of sp³-hybridized carbons (Fsp3) is 0.235. The minimum absolute atomic E-state index is 0.00478. The van der Waals surface area contributed by atoms with Crippen LogP contribution in [0.5, 0.6) is 5.75 Å². The Morgan fingerprint density at radius 1 is 0.923 bits per heavy atom. The zero-order chi connectivity index (χ0) is 27.4. The molecule has 198 valence electrons. The summed E-state index contributed by atoms with van der Waals surface area (Å²) in [6.45, 7) is 4.99. The second-order valence-corrected chi connectivity index (χ2v) is 10.2. The molecule has 0 aliphatic carbocycles. The summed E-state index contributed by atoms with van der Waals surface area (Å²) in [6, 6.07) is 33.4. The van der Waals surface area contributed by atoms with Crippen LogP contribution in [-0.2, 0) is 17.8 Å². The monoisotopic (exact) mass is 518 g/mol. The van der Waals surface area contributed by atoms with E-state index in [-0.39, 0.29) is 17.9 Å². The second kappa shape index (κ2) is 11.6. The van der Waals surface area contributed by atoms with E-state index in [1.165, 1.54) is 5.56 Å². The quantitative estimate of drug-likeness (QED) is 0.292. The summed E-state index contributed by atoms with van der Waals surface area (Å²) < 4.78 is 6.19. The van der Waals surface area contributed by atoms with Gasteiger partial charge in [0.2, 0.25) is 0 Å². The molecule has 39 heavy (non-hydrogen) atoms. The molecule has 4 aromatic rings. The molecule has 5 rings (SSSR count). The molecule has 1 aliphatic heterocycles. The van der Waals surface area contributed by atoms with Gasteiger partial charge in [-0.25, -0.2) is 0 Å². The maximum absolute atomic E-state index is 13.7. The average Bonchev–Trinajstić information content (AvgIpc) is 2.96. The SMILES string of the molecule is Cc1cccc([C@H]2c3cc(O[C@@H](C)C(=O)N(C)Cc4ccccc4)ccc3CCN2C(=O)c2ccccc2)c1. The third-order valence-electron chi connectivity index (χ3n) is 7.28. The first kappa shape index (κ1) is 26.2. The molecule has 0 N–H and O–H groups in total. The highest BCUT2D eigenvalue weighted by Crippen LogP contribution is 2.38. The zero-order valence-electron chi connectivity index (χ0n) is 22.7. The van der Waals surface area contributed by atoms with Crippen LogP contribution in [0.15, 0.2) is 103 Å². The van der Waals surface area contributed by atoms with Crippen LogP contribution < -0.4 is 4.74 Å². The average molecular weight is 519 g/mol. The minimum Gasteiger partial charge on any atom is -0.481 e. The molecule has 5 heteroatoms. The van der Waals surface area contributed by atoms with Gasteiger partial charge in [-0.05, 0) is 66.8 Å². The lowest BCUT2D eigenvalue weighted by molar-refractivity contribution is -0.137. The Hall–Kier alpha value is -4.38. The summed E-state index contributed by atoms with van der Waals surface area (Å²) in [6.07, 6.45) is 0.102. The molecule has 0 aromatic heterocycles. The molecule has 0 spiro atoms. The van der Waals surface area contributed by atoms with Crippen molar-refractivity contribution in [2.24, 2.45) is 0 Å². The topological polar surface area (TPSA) is 49.9 Å². The molecule has 0 fully saturated rings. The molecule has 0 saturated carbocycles. The number of hydrogen-bond acceptors (Lipinski definition) is 3. The highest BCUT2D eigenvalue weighted by atomic mass is 16.5. The molecule has 0 unspecified atom stereocenters. The number of ether oxygens (including phenoxy) is 1. The van der Waals surface area contributed by atoms with Gasteiger partial charge in [-0.15, -0.1) is 0 Å². The fourth-order valence-electron chi connectivity index (χ4n) is 5.33. The number of nitrogens with zero attached hydrogens (tertiary/aromatic N) is 2. The van der Waals surface area contributed by atoms with Crippen molar-refractivity contribution in [1.29, 1.82) is 0 Å². The van der Waals surface area contributed by atoms with E-state index in [1.54, 1.807) is 18.9 Å². The summed E-state index contributed by atoms with van der Waals surface area (Å²) in [7, 11) is 1.79. The molecular formula is C34H34N2O3. The molecule has 1 heterocycles. The van der Waals surface area contributed by atoms with Gasteiger partial charge in [-0.3, -0.25) is 9.59 Å². The number of carbonyl (C=O) groups is 2. The van der Waals surface area contributed by atoms with E-state index in [9.17, 15) is 9.59 Å². The lowest BCUT2D eigenvalue weighted by atomic mass is 9.87. The van der Waals surface area contributed by atoms with Crippen molar-refractivity contribution in [2.45, 2.75) is 39.0 Å². The molecule has 0 saturated heterocycles. The van der Waals surface area contributed by atoms with Gasteiger partial charge in [0.15, 0.2) is 6.10 Å². The Bertz CT molecular complexity index is 1450. The van der Waals surface area contributed by atoms with Crippen LogP contribution in [0.1, 0.15) is 51.1 Å². The summed E-state index contributed by atoms with van der Waals surface area (Å²) in [5, 5.41) is 0. The number of carbonyl (C=O) groups excluding carboxylic acids is 2. The van der Waals surface area contributed by atoms with Crippen LogP contribution in [-0.4, -0.2) is 41.3 Å². The fourth-order valence-corrected chi connectivity index (χ4v) is 5.33. The van der Waals surface area contributed by atoms with Gasteiger partial charge < -0.3 is 14.5 Å². The number of hydrogen-bond donors (Lipinski definition) is 0.